The lowest BCUT2D eigenvalue weighted by Gasteiger charge is -2.53. The van der Waals surface area contributed by atoms with Crippen molar-refractivity contribution in [2.75, 3.05) is 0 Å². The van der Waals surface area contributed by atoms with Gasteiger partial charge in [-0.3, -0.25) is 0 Å². The van der Waals surface area contributed by atoms with Crippen molar-refractivity contribution in [3.8, 4) is 0 Å². The Morgan fingerprint density at radius 3 is 1.83 bits per heavy atom. The summed E-state index contributed by atoms with van der Waals surface area (Å²) in [6.45, 7) is 7.40. The van der Waals surface area contributed by atoms with Gasteiger partial charge in [-0.25, -0.2) is 0 Å². The van der Waals surface area contributed by atoms with Crippen molar-refractivity contribution in [2.24, 2.45) is 28.6 Å². The molecule has 0 aliphatic heterocycles. The van der Waals surface area contributed by atoms with Gasteiger partial charge in [0.2, 0.25) is 0 Å². The third-order valence-electron chi connectivity index (χ3n) is 6.48. The van der Waals surface area contributed by atoms with Gasteiger partial charge < -0.3 is 0 Å². The topological polar surface area (TPSA) is 0 Å². The zero-order chi connectivity index (χ0) is 12.8. The van der Waals surface area contributed by atoms with E-state index in [1.807, 2.05) is 0 Å². The van der Waals surface area contributed by atoms with Crippen LogP contribution >= 0.6 is 0 Å². The first-order valence-electron chi connectivity index (χ1n) is 8.47. The third-order valence-corrected chi connectivity index (χ3v) is 6.48. The minimum Gasteiger partial charge on any atom is -0.0599 e. The maximum absolute atomic E-state index is 2.47. The standard InChI is InChI=1S/C18H32/c1-17(2,3)16-10-14-9-15(11-16)13-18(12-14)7-5-4-6-8-18/h14-16H,4-13H2,1-3H3. The molecule has 3 rings (SSSR count). The van der Waals surface area contributed by atoms with Crippen LogP contribution in [0.4, 0.5) is 0 Å². The number of hydrogen-bond acceptors (Lipinski definition) is 0. The van der Waals surface area contributed by atoms with Crippen molar-refractivity contribution >= 4 is 0 Å². The van der Waals surface area contributed by atoms with Gasteiger partial charge in [0.05, 0.1) is 0 Å². The van der Waals surface area contributed by atoms with Gasteiger partial charge >= 0.3 is 0 Å². The second-order valence-corrected chi connectivity index (χ2v) is 8.97. The summed E-state index contributed by atoms with van der Waals surface area (Å²) in [6.07, 6.45) is 15.6. The Morgan fingerprint density at radius 1 is 0.778 bits per heavy atom. The first-order valence-corrected chi connectivity index (χ1v) is 8.47. The molecule has 0 heteroatoms. The maximum Gasteiger partial charge on any atom is -0.0292 e. The van der Waals surface area contributed by atoms with Crippen LogP contribution in [0, 0.1) is 28.6 Å². The van der Waals surface area contributed by atoms with Crippen molar-refractivity contribution in [1.29, 1.82) is 0 Å². The van der Waals surface area contributed by atoms with Crippen LogP contribution in [-0.4, -0.2) is 0 Å². The summed E-state index contributed by atoms with van der Waals surface area (Å²) in [5, 5.41) is 0. The van der Waals surface area contributed by atoms with E-state index in [2.05, 4.69) is 20.8 Å². The highest BCUT2D eigenvalue weighted by molar-refractivity contribution is 4.97. The molecule has 0 N–H and O–H groups in total. The molecule has 0 radical (unpaired) electrons. The summed E-state index contributed by atoms with van der Waals surface area (Å²) in [6, 6.07) is 0. The average Bonchev–Trinajstić information content (AvgIpc) is 2.27. The molecule has 18 heavy (non-hydrogen) atoms. The summed E-state index contributed by atoms with van der Waals surface area (Å²) in [4.78, 5) is 0. The maximum atomic E-state index is 2.47. The first kappa shape index (κ1) is 13.0. The van der Waals surface area contributed by atoms with Crippen LogP contribution in [0.3, 0.4) is 0 Å². The SMILES string of the molecule is CC(C)(C)C1CC2CC(C1)CC1(CCCCC1)C2. The lowest BCUT2D eigenvalue weighted by molar-refractivity contribution is -0.0166. The molecular weight excluding hydrogens is 216 g/mol. The van der Waals surface area contributed by atoms with Crippen LogP contribution in [0.25, 0.3) is 0 Å². The fourth-order valence-electron chi connectivity index (χ4n) is 5.62. The quantitative estimate of drug-likeness (QED) is 0.507. The molecule has 0 aromatic carbocycles. The second-order valence-electron chi connectivity index (χ2n) is 8.97. The van der Waals surface area contributed by atoms with Crippen molar-refractivity contribution in [2.45, 2.75) is 85.0 Å². The molecule has 0 aromatic heterocycles. The molecular formula is C18H32. The van der Waals surface area contributed by atoms with Crippen LogP contribution < -0.4 is 0 Å². The van der Waals surface area contributed by atoms with Gasteiger partial charge in [0.1, 0.15) is 0 Å². The van der Waals surface area contributed by atoms with E-state index in [4.69, 9.17) is 0 Å². The average molecular weight is 248 g/mol. The number of hydrogen-bond donors (Lipinski definition) is 0. The molecule has 3 aliphatic rings. The van der Waals surface area contributed by atoms with E-state index in [0.29, 0.717) is 5.41 Å². The van der Waals surface area contributed by atoms with Crippen molar-refractivity contribution in [3.63, 3.8) is 0 Å². The number of fused-ring (bicyclic) bond motifs is 2. The predicted octanol–water partition coefficient (Wildman–Crippen LogP) is 5.81. The van der Waals surface area contributed by atoms with E-state index in [9.17, 15) is 0 Å². The van der Waals surface area contributed by atoms with Crippen LogP contribution in [0.15, 0.2) is 0 Å². The van der Waals surface area contributed by atoms with Crippen LogP contribution in [-0.2, 0) is 0 Å². The smallest absolute Gasteiger partial charge is 0.0292 e. The fraction of sp³-hybridized carbons (Fsp3) is 1.00. The normalized spacial score (nSPS) is 39.8. The number of rotatable bonds is 0. The Bertz CT molecular complexity index is 274. The zero-order valence-electron chi connectivity index (χ0n) is 12.8. The van der Waals surface area contributed by atoms with Crippen molar-refractivity contribution < 1.29 is 0 Å². The van der Waals surface area contributed by atoms with Gasteiger partial charge in [-0.15, -0.1) is 0 Å². The fourth-order valence-corrected chi connectivity index (χ4v) is 5.62. The molecule has 0 nitrogen and oxygen atoms in total. The molecule has 0 heterocycles. The molecule has 3 saturated carbocycles. The Hall–Kier alpha value is 0. The minimum atomic E-state index is 0.550. The molecule has 2 atom stereocenters. The monoisotopic (exact) mass is 248 g/mol. The van der Waals surface area contributed by atoms with Gasteiger partial charge in [0, 0.05) is 0 Å². The highest BCUT2D eigenvalue weighted by Crippen LogP contribution is 2.57. The van der Waals surface area contributed by atoms with Crippen LogP contribution in [0.1, 0.15) is 85.0 Å². The summed E-state index contributed by atoms with van der Waals surface area (Å²) in [5.41, 5.74) is 1.36. The van der Waals surface area contributed by atoms with Gasteiger partial charge in [-0.05, 0) is 73.5 Å². The lowest BCUT2D eigenvalue weighted by atomic mass is 9.53. The Labute approximate surface area is 114 Å². The Balaban J connectivity index is 1.70. The van der Waals surface area contributed by atoms with E-state index in [-0.39, 0.29) is 0 Å². The molecule has 0 saturated heterocycles. The molecule has 104 valence electrons. The summed E-state index contributed by atoms with van der Waals surface area (Å²) >= 11 is 0. The zero-order valence-corrected chi connectivity index (χ0v) is 12.8. The minimum absolute atomic E-state index is 0.550. The molecule has 0 amide bonds. The molecule has 0 aromatic rings. The first-order chi connectivity index (χ1) is 8.47. The van der Waals surface area contributed by atoms with E-state index in [0.717, 1.165) is 23.2 Å². The van der Waals surface area contributed by atoms with E-state index in [1.54, 1.807) is 44.9 Å². The van der Waals surface area contributed by atoms with Gasteiger partial charge in [0.25, 0.3) is 0 Å². The summed E-state index contributed by atoms with van der Waals surface area (Å²) in [7, 11) is 0. The molecule has 1 spiro atoms. The highest BCUT2D eigenvalue weighted by atomic mass is 14.5. The van der Waals surface area contributed by atoms with E-state index >= 15 is 0 Å². The highest BCUT2D eigenvalue weighted by Gasteiger charge is 2.46. The molecule has 2 bridgehead atoms. The largest absolute Gasteiger partial charge is 0.0599 e. The molecule has 3 aliphatic carbocycles. The Kier molecular flexibility index (Phi) is 3.27. The van der Waals surface area contributed by atoms with Crippen molar-refractivity contribution in [3.05, 3.63) is 0 Å². The summed E-state index contributed by atoms with van der Waals surface area (Å²) in [5.74, 6) is 3.17. The summed E-state index contributed by atoms with van der Waals surface area (Å²) < 4.78 is 0. The van der Waals surface area contributed by atoms with Crippen molar-refractivity contribution in [1.82, 2.24) is 0 Å². The van der Waals surface area contributed by atoms with Crippen LogP contribution in [0.5, 0.6) is 0 Å². The molecule has 2 unspecified atom stereocenters. The third kappa shape index (κ3) is 2.49. The van der Waals surface area contributed by atoms with Gasteiger partial charge in [0.15, 0.2) is 0 Å². The van der Waals surface area contributed by atoms with E-state index < -0.39 is 0 Å². The van der Waals surface area contributed by atoms with E-state index in [1.165, 1.54) is 19.3 Å². The van der Waals surface area contributed by atoms with Crippen LogP contribution in [0.2, 0.25) is 0 Å². The lowest BCUT2D eigenvalue weighted by Crippen LogP contribution is -2.41. The predicted molar refractivity (Wildman–Crippen MR) is 78.5 cm³/mol. The Morgan fingerprint density at radius 2 is 1.33 bits per heavy atom. The molecule has 3 fully saturated rings. The van der Waals surface area contributed by atoms with Gasteiger partial charge in [-0.2, -0.15) is 0 Å². The van der Waals surface area contributed by atoms with Gasteiger partial charge in [-0.1, -0.05) is 40.0 Å². The second kappa shape index (κ2) is 4.53.